The lowest BCUT2D eigenvalue weighted by Crippen LogP contribution is -2.55. The minimum atomic E-state index is -3.44. The maximum Gasteiger partial charge on any atom is 0.329 e. The van der Waals surface area contributed by atoms with Crippen molar-refractivity contribution < 1.29 is 23.3 Å². The van der Waals surface area contributed by atoms with Gasteiger partial charge in [0.05, 0.1) is 24.2 Å². The molecule has 1 spiro atoms. The smallest absolute Gasteiger partial charge is 0.329 e. The fourth-order valence-electron chi connectivity index (χ4n) is 7.94. The average Bonchev–Trinajstić information content (AvgIpc) is 3.18. The zero-order chi connectivity index (χ0) is 34.9. The van der Waals surface area contributed by atoms with Crippen LogP contribution in [0.4, 0.5) is 10.5 Å². The number of urea groups is 1. The van der Waals surface area contributed by atoms with Gasteiger partial charge >= 0.3 is 6.03 Å². The number of hydrogen-bond donors (Lipinski definition) is 1. The number of allylic oxidation sites excluding steroid dienone is 1. The summed E-state index contributed by atoms with van der Waals surface area (Å²) in [7, 11) is -1.69. The van der Waals surface area contributed by atoms with Crippen LogP contribution in [0.2, 0.25) is 5.02 Å². The molecule has 1 aliphatic carbocycles. The molecule has 2 aromatic rings. The van der Waals surface area contributed by atoms with Gasteiger partial charge in [-0.2, -0.15) is 0 Å². The van der Waals surface area contributed by atoms with Gasteiger partial charge in [0.25, 0.3) is 5.91 Å². The van der Waals surface area contributed by atoms with E-state index in [0.29, 0.717) is 56.4 Å². The highest BCUT2D eigenvalue weighted by Gasteiger charge is 2.42. The molecule has 3 aliphatic heterocycles. The molecule has 6 atom stereocenters. The molecule has 266 valence electrons. The Hall–Kier alpha value is -3.08. The lowest BCUT2D eigenvalue weighted by Gasteiger charge is -2.42. The van der Waals surface area contributed by atoms with Crippen molar-refractivity contribution in [2.75, 3.05) is 50.5 Å². The first-order valence-corrected chi connectivity index (χ1v) is 19.8. The van der Waals surface area contributed by atoms with Crippen molar-refractivity contribution in [1.82, 2.24) is 9.62 Å². The number of aryl methyl sites for hydroxylation is 1. The standard InChI is InChI=1S/C38H51ClN4O5S/c1-6-28-20-42(21-28)37(45)41-49(46)22-25(2)9-7-11-34(47-5)27(4)26(3)19-43-23-38(16-8-10-29-17-31(39)13-14-32(29)38)24-48-35-15-12-30(18-33(35)43)36(44)40-49/h7,11-15,17-18,25-28,34H,6,8-10,16,19-24H2,1-5H3,(H,40,41,44,45,46)/b11-7+/t25-,26-,27+,34-,38-,49?/m0/s1. The van der Waals surface area contributed by atoms with Gasteiger partial charge in [0.2, 0.25) is 0 Å². The Morgan fingerprint density at radius 1 is 1.16 bits per heavy atom. The van der Waals surface area contributed by atoms with Crippen LogP contribution >= 0.6 is 11.6 Å². The van der Waals surface area contributed by atoms with E-state index in [4.69, 9.17) is 21.1 Å². The molecule has 11 heteroatoms. The fourth-order valence-corrected chi connectivity index (χ4v) is 10.0. The number of halogens is 1. The van der Waals surface area contributed by atoms with Crippen LogP contribution in [0.15, 0.2) is 52.9 Å². The number of ether oxygens (including phenoxy) is 2. The number of anilines is 1. The van der Waals surface area contributed by atoms with E-state index in [-0.39, 0.29) is 35.0 Å². The third-order valence-electron chi connectivity index (χ3n) is 11.2. The SMILES string of the molecule is CCC1CN(C(=O)NS2(=O)=NC(=O)c3ccc4c(c3)N(C[C@H](C)[C@@H](C)[C@@H](OC)/C=C/C[C@H](C)C2)C[C@@]2(CCCc3cc(Cl)ccc32)CO4)C1. The first kappa shape index (κ1) is 35.7. The number of nitrogens with one attached hydrogen (secondary N) is 1. The molecule has 1 saturated heterocycles. The lowest BCUT2D eigenvalue weighted by molar-refractivity contribution is 0.0743. The van der Waals surface area contributed by atoms with Gasteiger partial charge in [-0.15, -0.1) is 4.36 Å². The number of likely N-dealkylation sites (tertiary alicyclic amines) is 1. The van der Waals surface area contributed by atoms with E-state index in [9.17, 15) is 13.8 Å². The molecule has 2 aromatic carbocycles. The highest BCUT2D eigenvalue weighted by atomic mass is 35.5. The van der Waals surface area contributed by atoms with Gasteiger partial charge in [0.15, 0.2) is 0 Å². The molecule has 9 nitrogen and oxygen atoms in total. The van der Waals surface area contributed by atoms with Gasteiger partial charge in [-0.05, 0) is 97.2 Å². The Morgan fingerprint density at radius 3 is 2.71 bits per heavy atom. The average molecular weight is 711 g/mol. The van der Waals surface area contributed by atoms with Crippen LogP contribution in [-0.2, 0) is 26.5 Å². The summed E-state index contributed by atoms with van der Waals surface area (Å²) < 4.78 is 34.0. The molecule has 3 heterocycles. The van der Waals surface area contributed by atoms with E-state index in [2.05, 4.69) is 59.0 Å². The summed E-state index contributed by atoms with van der Waals surface area (Å²) >= 11 is 6.45. The Kier molecular flexibility index (Phi) is 10.7. The number of nitrogens with zero attached hydrogens (tertiary/aromatic N) is 3. The van der Waals surface area contributed by atoms with Crippen molar-refractivity contribution >= 4 is 39.1 Å². The molecule has 49 heavy (non-hydrogen) atoms. The highest BCUT2D eigenvalue weighted by Crippen LogP contribution is 2.45. The summed E-state index contributed by atoms with van der Waals surface area (Å²) in [5.74, 6) is 0.861. The largest absolute Gasteiger partial charge is 0.490 e. The van der Waals surface area contributed by atoms with Gasteiger partial charge in [-0.25, -0.2) is 9.00 Å². The number of amides is 3. The predicted octanol–water partition coefficient (Wildman–Crippen LogP) is 7.27. The zero-order valence-corrected chi connectivity index (χ0v) is 31.0. The predicted molar refractivity (Wildman–Crippen MR) is 196 cm³/mol. The van der Waals surface area contributed by atoms with E-state index in [0.717, 1.165) is 36.4 Å². The van der Waals surface area contributed by atoms with Crippen LogP contribution in [0.25, 0.3) is 0 Å². The van der Waals surface area contributed by atoms with E-state index in [1.54, 1.807) is 18.1 Å². The first-order valence-electron chi connectivity index (χ1n) is 17.8. The molecular weight excluding hydrogens is 660 g/mol. The minimum Gasteiger partial charge on any atom is -0.490 e. The third kappa shape index (κ3) is 7.66. The third-order valence-corrected chi connectivity index (χ3v) is 13.4. The molecule has 1 N–H and O–H groups in total. The fraction of sp³-hybridized carbons (Fsp3) is 0.579. The maximum absolute atomic E-state index is 14.4. The minimum absolute atomic E-state index is 0.0512. The number of benzene rings is 2. The van der Waals surface area contributed by atoms with Gasteiger partial charge in [0, 0.05) is 49.3 Å². The summed E-state index contributed by atoms with van der Waals surface area (Å²) in [5, 5.41) is 0.740. The van der Waals surface area contributed by atoms with Crippen molar-refractivity contribution in [3.05, 3.63) is 70.3 Å². The van der Waals surface area contributed by atoms with Gasteiger partial charge in [0.1, 0.15) is 15.7 Å². The van der Waals surface area contributed by atoms with Crippen LogP contribution in [0.1, 0.15) is 74.9 Å². The van der Waals surface area contributed by atoms with E-state index >= 15 is 0 Å². The molecule has 0 aromatic heterocycles. The van der Waals surface area contributed by atoms with Crippen molar-refractivity contribution in [3.8, 4) is 5.75 Å². The molecule has 0 radical (unpaired) electrons. The molecule has 1 fully saturated rings. The second-order valence-corrected chi connectivity index (χ2v) is 17.3. The summed E-state index contributed by atoms with van der Waals surface area (Å²) in [6, 6.07) is 11.1. The summed E-state index contributed by atoms with van der Waals surface area (Å²) in [4.78, 5) is 31.1. The van der Waals surface area contributed by atoms with Crippen molar-refractivity contribution in [1.29, 1.82) is 0 Å². The quantitative estimate of drug-likeness (QED) is 0.337. The lowest BCUT2D eigenvalue weighted by atomic mass is 9.70. The van der Waals surface area contributed by atoms with Crippen LogP contribution in [0.5, 0.6) is 5.75 Å². The van der Waals surface area contributed by atoms with Gasteiger partial charge < -0.3 is 19.3 Å². The number of carbonyl (C=O) groups is 2. The second-order valence-electron chi connectivity index (χ2n) is 14.9. The number of carbonyl (C=O) groups excluding carboxylic acids is 2. The number of rotatable bonds is 3. The van der Waals surface area contributed by atoms with Crippen LogP contribution in [-0.4, -0.2) is 72.8 Å². The second kappa shape index (κ2) is 14.6. The topological polar surface area (TPSA) is 101 Å². The first-order chi connectivity index (χ1) is 23.4. The molecule has 1 unspecified atom stereocenters. The monoisotopic (exact) mass is 710 g/mol. The van der Waals surface area contributed by atoms with E-state index in [1.165, 1.54) is 11.1 Å². The van der Waals surface area contributed by atoms with Crippen molar-refractivity contribution in [2.24, 2.45) is 28.0 Å². The molecule has 4 aliphatic rings. The van der Waals surface area contributed by atoms with Crippen LogP contribution in [0.3, 0.4) is 0 Å². The molecule has 6 rings (SSSR count). The Morgan fingerprint density at radius 2 is 1.96 bits per heavy atom. The van der Waals surface area contributed by atoms with Gasteiger partial charge in [-0.1, -0.05) is 57.5 Å². The summed E-state index contributed by atoms with van der Waals surface area (Å²) in [5.41, 5.74) is 3.39. The highest BCUT2D eigenvalue weighted by molar-refractivity contribution is 7.92. The normalized spacial score (nSPS) is 31.5. The number of fused-ring (bicyclic) bond motifs is 3. The van der Waals surface area contributed by atoms with Crippen molar-refractivity contribution in [2.45, 2.75) is 71.3 Å². The summed E-state index contributed by atoms with van der Waals surface area (Å²) in [6.45, 7) is 11.7. The Balaban J connectivity index is 1.41. The number of methoxy groups -OCH3 is 1. The number of hydrogen-bond acceptors (Lipinski definition) is 6. The van der Waals surface area contributed by atoms with Crippen molar-refractivity contribution in [3.63, 3.8) is 0 Å². The Bertz CT molecular complexity index is 1720. The molecule has 2 bridgehead atoms. The zero-order valence-electron chi connectivity index (χ0n) is 29.5. The maximum atomic E-state index is 14.4. The Labute approximate surface area is 297 Å². The molecule has 0 saturated carbocycles. The van der Waals surface area contributed by atoms with E-state index in [1.807, 2.05) is 25.1 Å². The summed E-state index contributed by atoms with van der Waals surface area (Å²) in [6.07, 6.45) is 8.60. The molecular formula is C38H51ClN4O5S. The molecule has 3 amide bonds. The van der Waals surface area contributed by atoms with Crippen LogP contribution in [0, 0.1) is 23.7 Å². The van der Waals surface area contributed by atoms with Gasteiger partial charge in [-0.3, -0.25) is 9.52 Å². The van der Waals surface area contributed by atoms with Crippen LogP contribution < -0.4 is 14.4 Å². The van der Waals surface area contributed by atoms with E-state index < -0.39 is 21.9 Å².